The zero-order valence-corrected chi connectivity index (χ0v) is 11.9. The predicted octanol–water partition coefficient (Wildman–Crippen LogP) is 1.05. The van der Waals surface area contributed by atoms with Gasteiger partial charge in [-0.1, -0.05) is 34.1 Å². The number of carbonyl (C=O) groups is 2. The van der Waals surface area contributed by atoms with Crippen LogP contribution in [0.2, 0.25) is 0 Å². The summed E-state index contributed by atoms with van der Waals surface area (Å²) in [6.07, 6.45) is 1.80. The number of carboxylic acid groups (broad SMARTS) is 1. The SMILES string of the molecule is CC[C@H]1CN(C(=O)C(C)(C)C)CC[C@H]1CC(=O)[O-]. The molecule has 0 bridgehead atoms. The minimum absolute atomic E-state index is 0.121. The fourth-order valence-electron chi connectivity index (χ4n) is 2.68. The highest BCUT2D eigenvalue weighted by molar-refractivity contribution is 5.81. The first kappa shape index (κ1) is 15.0. The molecule has 0 N–H and O–H groups in total. The Balaban J connectivity index is 2.66. The van der Waals surface area contributed by atoms with E-state index in [2.05, 4.69) is 6.92 Å². The van der Waals surface area contributed by atoms with E-state index in [0.717, 1.165) is 12.8 Å². The van der Waals surface area contributed by atoms with Gasteiger partial charge < -0.3 is 14.8 Å². The number of rotatable bonds is 3. The fraction of sp³-hybridized carbons (Fsp3) is 0.857. The first-order chi connectivity index (χ1) is 8.25. The summed E-state index contributed by atoms with van der Waals surface area (Å²) in [5, 5.41) is 10.7. The van der Waals surface area contributed by atoms with Gasteiger partial charge in [0.2, 0.25) is 5.91 Å². The average Bonchev–Trinajstić information content (AvgIpc) is 2.26. The number of piperidine rings is 1. The van der Waals surface area contributed by atoms with E-state index in [1.807, 2.05) is 25.7 Å². The molecule has 0 aliphatic carbocycles. The molecule has 1 amide bonds. The summed E-state index contributed by atoms with van der Waals surface area (Å²) >= 11 is 0. The topological polar surface area (TPSA) is 60.4 Å². The number of carbonyl (C=O) groups excluding carboxylic acids is 2. The van der Waals surface area contributed by atoms with Crippen molar-refractivity contribution in [3.05, 3.63) is 0 Å². The third-order valence-electron chi connectivity index (χ3n) is 3.77. The molecule has 1 fully saturated rings. The third-order valence-corrected chi connectivity index (χ3v) is 3.77. The van der Waals surface area contributed by atoms with Gasteiger partial charge in [0.25, 0.3) is 0 Å². The molecular weight excluding hydrogens is 230 g/mol. The Kier molecular flexibility index (Phi) is 4.77. The van der Waals surface area contributed by atoms with Crippen LogP contribution >= 0.6 is 0 Å². The molecule has 18 heavy (non-hydrogen) atoms. The Hall–Kier alpha value is -1.06. The van der Waals surface area contributed by atoms with Crippen LogP contribution in [0.3, 0.4) is 0 Å². The molecule has 4 nitrogen and oxygen atoms in total. The Labute approximate surface area is 109 Å². The smallest absolute Gasteiger partial charge is 0.227 e. The number of carboxylic acids is 1. The predicted molar refractivity (Wildman–Crippen MR) is 67.5 cm³/mol. The molecule has 0 unspecified atom stereocenters. The second-order valence-electron chi connectivity index (χ2n) is 6.29. The van der Waals surface area contributed by atoms with Crippen molar-refractivity contribution < 1.29 is 14.7 Å². The highest BCUT2D eigenvalue weighted by atomic mass is 16.4. The van der Waals surface area contributed by atoms with Crippen LogP contribution in [0.5, 0.6) is 0 Å². The Morgan fingerprint density at radius 3 is 2.33 bits per heavy atom. The van der Waals surface area contributed by atoms with E-state index in [-0.39, 0.29) is 29.6 Å². The van der Waals surface area contributed by atoms with E-state index >= 15 is 0 Å². The van der Waals surface area contributed by atoms with E-state index in [1.54, 1.807) is 0 Å². The van der Waals surface area contributed by atoms with Crippen molar-refractivity contribution in [2.24, 2.45) is 17.3 Å². The minimum atomic E-state index is -0.978. The van der Waals surface area contributed by atoms with Crippen LogP contribution in [0, 0.1) is 17.3 Å². The maximum absolute atomic E-state index is 12.2. The van der Waals surface area contributed by atoms with Crippen LogP contribution in [-0.4, -0.2) is 29.9 Å². The molecule has 0 spiro atoms. The van der Waals surface area contributed by atoms with Crippen molar-refractivity contribution >= 4 is 11.9 Å². The molecule has 0 aromatic rings. The molecule has 104 valence electrons. The van der Waals surface area contributed by atoms with Crippen molar-refractivity contribution in [1.82, 2.24) is 4.90 Å². The molecule has 1 heterocycles. The summed E-state index contributed by atoms with van der Waals surface area (Å²) in [5.41, 5.74) is -0.362. The van der Waals surface area contributed by atoms with E-state index in [1.165, 1.54) is 0 Å². The highest BCUT2D eigenvalue weighted by Crippen LogP contribution is 2.31. The summed E-state index contributed by atoms with van der Waals surface area (Å²) in [6.45, 7) is 9.17. The quantitative estimate of drug-likeness (QED) is 0.756. The highest BCUT2D eigenvalue weighted by Gasteiger charge is 2.34. The molecule has 1 saturated heterocycles. The zero-order chi connectivity index (χ0) is 13.9. The summed E-state index contributed by atoms with van der Waals surface area (Å²) < 4.78 is 0. The molecule has 0 saturated carbocycles. The van der Waals surface area contributed by atoms with Crippen LogP contribution < -0.4 is 5.11 Å². The largest absolute Gasteiger partial charge is 0.550 e. The summed E-state index contributed by atoms with van der Waals surface area (Å²) in [7, 11) is 0. The van der Waals surface area contributed by atoms with Gasteiger partial charge in [-0.05, 0) is 24.7 Å². The van der Waals surface area contributed by atoms with Crippen molar-refractivity contribution in [2.45, 2.75) is 47.0 Å². The van der Waals surface area contributed by atoms with Crippen LogP contribution in [-0.2, 0) is 9.59 Å². The maximum atomic E-state index is 12.2. The molecule has 1 aliphatic rings. The molecule has 2 atom stereocenters. The molecular formula is C14H24NO3-. The zero-order valence-electron chi connectivity index (χ0n) is 11.9. The number of nitrogens with zero attached hydrogens (tertiary/aromatic N) is 1. The van der Waals surface area contributed by atoms with Gasteiger partial charge in [-0.2, -0.15) is 0 Å². The first-order valence-corrected chi connectivity index (χ1v) is 6.75. The molecule has 1 aliphatic heterocycles. The molecule has 1 rings (SSSR count). The van der Waals surface area contributed by atoms with Gasteiger partial charge in [0.05, 0.1) is 0 Å². The molecule has 0 radical (unpaired) electrons. The van der Waals surface area contributed by atoms with Gasteiger partial charge in [-0.25, -0.2) is 0 Å². The summed E-state index contributed by atoms with van der Waals surface area (Å²) in [6, 6.07) is 0. The number of hydrogen-bond acceptors (Lipinski definition) is 3. The Bertz CT molecular complexity index is 319. The number of amides is 1. The van der Waals surface area contributed by atoms with Crippen LogP contribution in [0.15, 0.2) is 0 Å². The monoisotopic (exact) mass is 254 g/mol. The lowest BCUT2D eigenvalue weighted by atomic mass is 9.80. The van der Waals surface area contributed by atoms with Gasteiger partial charge in [0.1, 0.15) is 0 Å². The minimum Gasteiger partial charge on any atom is -0.550 e. The lowest BCUT2D eigenvalue weighted by molar-refractivity contribution is -0.307. The van der Waals surface area contributed by atoms with Crippen molar-refractivity contribution in [3.63, 3.8) is 0 Å². The number of likely N-dealkylation sites (tertiary alicyclic amines) is 1. The molecule has 0 aromatic carbocycles. The van der Waals surface area contributed by atoms with Crippen molar-refractivity contribution in [3.8, 4) is 0 Å². The van der Waals surface area contributed by atoms with Gasteiger partial charge in [-0.3, -0.25) is 4.79 Å². The van der Waals surface area contributed by atoms with E-state index < -0.39 is 5.97 Å². The van der Waals surface area contributed by atoms with Gasteiger partial charge in [0, 0.05) is 24.5 Å². The van der Waals surface area contributed by atoms with Gasteiger partial charge in [-0.15, -0.1) is 0 Å². The maximum Gasteiger partial charge on any atom is 0.227 e. The second-order valence-corrected chi connectivity index (χ2v) is 6.29. The first-order valence-electron chi connectivity index (χ1n) is 6.75. The molecule has 0 aromatic heterocycles. The standard InChI is InChI=1S/C14H25NO3/c1-5-10-9-15(13(18)14(2,3)4)7-6-11(10)8-12(16)17/h10-11H,5-9H2,1-4H3,(H,16,17)/p-1/t10-,11-/m0/s1. The van der Waals surface area contributed by atoms with Gasteiger partial charge in [0.15, 0.2) is 0 Å². The number of hydrogen-bond donors (Lipinski definition) is 0. The van der Waals surface area contributed by atoms with Crippen LogP contribution in [0.25, 0.3) is 0 Å². The average molecular weight is 254 g/mol. The van der Waals surface area contributed by atoms with Crippen molar-refractivity contribution in [2.75, 3.05) is 13.1 Å². The normalized spacial score (nSPS) is 25.0. The Morgan fingerprint density at radius 1 is 1.28 bits per heavy atom. The third kappa shape index (κ3) is 3.72. The van der Waals surface area contributed by atoms with Crippen LogP contribution in [0.1, 0.15) is 47.0 Å². The van der Waals surface area contributed by atoms with E-state index in [4.69, 9.17) is 0 Å². The van der Waals surface area contributed by atoms with Crippen LogP contribution in [0.4, 0.5) is 0 Å². The second kappa shape index (κ2) is 5.72. The number of aliphatic carboxylic acids is 1. The molecule has 4 heteroatoms. The Morgan fingerprint density at radius 2 is 1.89 bits per heavy atom. The summed E-state index contributed by atoms with van der Waals surface area (Å²) in [4.78, 5) is 24.8. The fourth-order valence-corrected chi connectivity index (χ4v) is 2.68. The van der Waals surface area contributed by atoms with E-state index in [0.29, 0.717) is 13.1 Å². The van der Waals surface area contributed by atoms with E-state index in [9.17, 15) is 14.7 Å². The summed E-state index contributed by atoms with van der Waals surface area (Å²) in [5.74, 6) is -0.381. The lowest BCUT2D eigenvalue weighted by Crippen LogP contribution is -2.48. The lowest BCUT2D eigenvalue weighted by Gasteiger charge is -2.40. The van der Waals surface area contributed by atoms with Gasteiger partial charge >= 0.3 is 0 Å². The van der Waals surface area contributed by atoms with Crippen molar-refractivity contribution in [1.29, 1.82) is 0 Å².